The fraction of sp³-hybridized carbons (Fsp3) is 0.333. The summed E-state index contributed by atoms with van der Waals surface area (Å²) in [5, 5.41) is 8.78. The molecule has 1 aromatic carbocycles. The molecule has 3 heteroatoms. The summed E-state index contributed by atoms with van der Waals surface area (Å²) < 4.78 is 13.6. The molecule has 0 aliphatic heterocycles. The standard InChI is InChI=1S/C9H12FNO/c10-9(6-11,7-12)8-4-2-1-3-5-8/h1-5,12H,6-7,11H2. The largest absolute Gasteiger partial charge is 0.393 e. The van der Waals surface area contributed by atoms with Crippen molar-refractivity contribution < 1.29 is 9.50 Å². The van der Waals surface area contributed by atoms with Crippen LogP contribution < -0.4 is 5.73 Å². The maximum Gasteiger partial charge on any atom is 0.170 e. The van der Waals surface area contributed by atoms with E-state index in [0.29, 0.717) is 5.56 Å². The van der Waals surface area contributed by atoms with Crippen LogP contribution in [-0.4, -0.2) is 18.3 Å². The fourth-order valence-electron chi connectivity index (χ4n) is 1.01. The van der Waals surface area contributed by atoms with Crippen molar-refractivity contribution >= 4 is 0 Å². The molecule has 0 amide bonds. The fourth-order valence-corrected chi connectivity index (χ4v) is 1.01. The number of halogens is 1. The summed E-state index contributed by atoms with van der Waals surface area (Å²) in [7, 11) is 0. The molecule has 12 heavy (non-hydrogen) atoms. The zero-order valence-electron chi connectivity index (χ0n) is 6.70. The van der Waals surface area contributed by atoms with Crippen LogP contribution in [0.25, 0.3) is 0 Å². The number of benzene rings is 1. The molecule has 1 atom stereocenters. The van der Waals surface area contributed by atoms with Gasteiger partial charge in [-0.25, -0.2) is 4.39 Å². The van der Waals surface area contributed by atoms with Crippen molar-refractivity contribution in [1.82, 2.24) is 0 Å². The summed E-state index contributed by atoms with van der Waals surface area (Å²) in [4.78, 5) is 0. The number of aliphatic hydroxyl groups is 1. The summed E-state index contributed by atoms with van der Waals surface area (Å²) in [6, 6.07) is 8.45. The Bertz CT molecular complexity index is 234. The second kappa shape index (κ2) is 3.65. The summed E-state index contributed by atoms with van der Waals surface area (Å²) in [6.07, 6.45) is 0. The van der Waals surface area contributed by atoms with E-state index in [2.05, 4.69) is 0 Å². The van der Waals surface area contributed by atoms with Crippen LogP contribution in [0.5, 0.6) is 0 Å². The third kappa shape index (κ3) is 1.62. The summed E-state index contributed by atoms with van der Waals surface area (Å²) >= 11 is 0. The number of nitrogens with two attached hydrogens (primary N) is 1. The van der Waals surface area contributed by atoms with E-state index in [1.54, 1.807) is 30.3 Å². The zero-order valence-corrected chi connectivity index (χ0v) is 6.70. The molecule has 0 aliphatic rings. The van der Waals surface area contributed by atoms with E-state index in [-0.39, 0.29) is 6.54 Å². The highest BCUT2D eigenvalue weighted by Gasteiger charge is 2.28. The van der Waals surface area contributed by atoms with Crippen molar-refractivity contribution in [3.05, 3.63) is 35.9 Å². The van der Waals surface area contributed by atoms with Gasteiger partial charge >= 0.3 is 0 Å². The van der Waals surface area contributed by atoms with Crippen LogP contribution in [0.3, 0.4) is 0 Å². The summed E-state index contributed by atoms with van der Waals surface area (Å²) in [5.41, 5.74) is 3.85. The summed E-state index contributed by atoms with van der Waals surface area (Å²) in [6.45, 7) is -0.777. The molecule has 0 radical (unpaired) electrons. The molecule has 0 bridgehead atoms. The predicted molar refractivity (Wildman–Crippen MR) is 45.4 cm³/mol. The third-order valence-corrected chi connectivity index (χ3v) is 1.87. The molecule has 1 aromatic rings. The Kier molecular flexibility index (Phi) is 2.78. The minimum Gasteiger partial charge on any atom is -0.393 e. The normalized spacial score (nSPS) is 15.6. The maximum atomic E-state index is 13.6. The lowest BCUT2D eigenvalue weighted by molar-refractivity contribution is 0.0768. The highest BCUT2D eigenvalue weighted by molar-refractivity contribution is 5.22. The van der Waals surface area contributed by atoms with Gasteiger partial charge in [0.25, 0.3) is 0 Å². The maximum absolute atomic E-state index is 13.6. The van der Waals surface area contributed by atoms with E-state index in [4.69, 9.17) is 10.8 Å². The second-order valence-corrected chi connectivity index (χ2v) is 2.69. The molecule has 66 valence electrons. The van der Waals surface area contributed by atoms with Crippen LogP contribution in [0.2, 0.25) is 0 Å². The van der Waals surface area contributed by atoms with E-state index in [0.717, 1.165) is 0 Å². The monoisotopic (exact) mass is 169 g/mol. The first-order valence-corrected chi connectivity index (χ1v) is 3.78. The number of hydrogen-bond acceptors (Lipinski definition) is 2. The first kappa shape index (κ1) is 9.16. The van der Waals surface area contributed by atoms with Crippen LogP contribution in [0.1, 0.15) is 5.56 Å². The Morgan fingerprint density at radius 2 is 1.92 bits per heavy atom. The molecular weight excluding hydrogens is 157 g/mol. The molecule has 1 unspecified atom stereocenters. The van der Waals surface area contributed by atoms with Crippen LogP contribution >= 0.6 is 0 Å². The first-order valence-electron chi connectivity index (χ1n) is 3.78. The lowest BCUT2D eigenvalue weighted by Crippen LogP contribution is -2.33. The first-order chi connectivity index (χ1) is 5.73. The number of rotatable bonds is 3. The Hall–Kier alpha value is -0.930. The van der Waals surface area contributed by atoms with Gasteiger partial charge in [0.15, 0.2) is 5.67 Å². The molecule has 2 nitrogen and oxygen atoms in total. The smallest absolute Gasteiger partial charge is 0.170 e. The van der Waals surface area contributed by atoms with Gasteiger partial charge in [0, 0.05) is 6.54 Å². The molecular formula is C9H12FNO. The minimum atomic E-state index is -1.79. The van der Waals surface area contributed by atoms with Crippen LogP contribution in [0, 0.1) is 0 Å². The molecule has 0 saturated heterocycles. The minimum absolute atomic E-state index is 0.201. The molecule has 0 spiro atoms. The Balaban J connectivity index is 2.95. The van der Waals surface area contributed by atoms with Gasteiger partial charge in [-0.2, -0.15) is 0 Å². The van der Waals surface area contributed by atoms with E-state index >= 15 is 0 Å². The second-order valence-electron chi connectivity index (χ2n) is 2.69. The van der Waals surface area contributed by atoms with E-state index in [1.165, 1.54) is 0 Å². The topological polar surface area (TPSA) is 46.2 Å². The predicted octanol–water partition coefficient (Wildman–Crippen LogP) is 0.802. The van der Waals surface area contributed by atoms with Gasteiger partial charge in [0.2, 0.25) is 0 Å². The van der Waals surface area contributed by atoms with Crippen LogP contribution in [0.4, 0.5) is 4.39 Å². The number of hydrogen-bond donors (Lipinski definition) is 2. The van der Waals surface area contributed by atoms with Gasteiger partial charge < -0.3 is 10.8 Å². The molecule has 0 fully saturated rings. The van der Waals surface area contributed by atoms with Gasteiger partial charge in [-0.1, -0.05) is 30.3 Å². The molecule has 1 rings (SSSR count). The van der Waals surface area contributed by atoms with Gasteiger partial charge in [0.1, 0.15) is 0 Å². The number of aliphatic hydroxyl groups excluding tert-OH is 1. The average molecular weight is 169 g/mol. The lowest BCUT2D eigenvalue weighted by atomic mass is 9.97. The van der Waals surface area contributed by atoms with Crippen molar-refractivity contribution in [2.24, 2.45) is 5.73 Å². The Morgan fingerprint density at radius 3 is 2.33 bits per heavy atom. The van der Waals surface area contributed by atoms with Crippen molar-refractivity contribution in [2.45, 2.75) is 5.67 Å². The Labute approximate surface area is 70.8 Å². The molecule has 0 saturated carbocycles. The van der Waals surface area contributed by atoms with Gasteiger partial charge in [-0.05, 0) is 5.56 Å². The van der Waals surface area contributed by atoms with Gasteiger partial charge in [-0.3, -0.25) is 0 Å². The van der Waals surface area contributed by atoms with Crippen molar-refractivity contribution in [3.8, 4) is 0 Å². The highest BCUT2D eigenvalue weighted by atomic mass is 19.1. The quantitative estimate of drug-likeness (QED) is 0.703. The SMILES string of the molecule is NCC(F)(CO)c1ccccc1. The lowest BCUT2D eigenvalue weighted by Gasteiger charge is -2.20. The van der Waals surface area contributed by atoms with Crippen LogP contribution in [0.15, 0.2) is 30.3 Å². The Morgan fingerprint density at radius 1 is 1.33 bits per heavy atom. The van der Waals surface area contributed by atoms with Crippen molar-refractivity contribution in [1.29, 1.82) is 0 Å². The van der Waals surface area contributed by atoms with Crippen molar-refractivity contribution in [3.63, 3.8) is 0 Å². The number of alkyl halides is 1. The molecule has 0 aliphatic carbocycles. The molecule has 0 heterocycles. The average Bonchev–Trinajstić information content (AvgIpc) is 2.18. The van der Waals surface area contributed by atoms with Gasteiger partial charge in [0.05, 0.1) is 6.61 Å². The summed E-state index contributed by atoms with van der Waals surface area (Å²) in [5.74, 6) is 0. The van der Waals surface area contributed by atoms with E-state index in [1.807, 2.05) is 0 Å². The van der Waals surface area contributed by atoms with Crippen LogP contribution in [-0.2, 0) is 5.67 Å². The van der Waals surface area contributed by atoms with E-state index < -0.39 is 12.3 Å². The highest BCUT2D eigenvalue weighted by Crippen LogP contribution is 2.23. The van der Waals surface area contributed by atoms with Crippen molar-refractivity contribution in [2.75, 3.05) is 13.2 Å². The van der Waals surface area contributed by atoms with Gasteiger partial charge in [-0.15, -0.1) is 0 Å². The molecule has 3 N–H and O–H groups in total. The zero-order chi connectivity index (χ0) is 9.03. The third-order valence-electron chi connectivity index (χ3n) is 1.87. The van der Waals surface area contributed by atoms with E-state index in [9.17, 15) is 4.39 Å². The molecule has 0 aromatic heterocycles.